The highest BCUT2D eigenvalue weighted by Crippen LogP contribution is 2.36. The van der Waals surface area contributed by atoms with E-state index in [1.807, 2.05) is 30.3 Å². The van der Waals surface area contributed by atoms with Crippen LogP contribution in [0.15, 0.2) is 76.4 Å². The van der Waals surface area contributed by atoms with Crippen molar-refractivity contribution in [2.45, 2.75) is 38.9 Å². The first kappa shape index (κ1) is 26.1. The number of rotatable bonds is 9. The Morgan fingerprint density at radius 3 is 2.35 bits per heavy atom. The second kappa shape index (κ2) is 11.8. The van der Waals surface area contributed by atoms with Crippen molar-refractivity contribution in [3.05, 3.63) is 104 Å². The molecular formula is C27H28N2O8. The molecule has 1 aliphatic rings. The lowest BCUT2D eigenvalue weighted by atomic mass is 9.98. The molecule has 0 bridgehead atoms. The van der Waals surface area contributed by atoms with Crippen molar-refractivity contribution < 1.29 is 28.5 Å². The Kier molecular flexibility index (Phi) is 8.32. The van der Waals surface area contributed by atoms with Crippen LogP contribution in [0.2, 0.25) is 0 Å². The van der Waals surface area contributed by atoms with Crippen molar-refractivity contribution in [1.29, 1.82) is 0 Å². The van der Waals surface area contributed by atoms with Crippen molar-refractivity contribution in [1.82, 2.24) is 9.55 Å². The van der Waals surface area contributed by atoms with E-state index in [9.17, 15) is 19.2 Å². The normalized spacial score (nSPS) is 20.9. The molecule has 1 aromatic heterocycles. The van der Waals surface area contributed by atoms with E-state index in [4.69, 9.17) is 18.9 Å². The molecule has 0 aliphatic carbocycles. The summed E-state index contributed by atoms with van der Waals surface area (Å²) in [5.41, 5.74) is 0.350. The smallest absolute Gasteiger partial charge is 0.338 e. The van der Waals surface area contributed by atoms with E-state index >= 15 is 0 Å². The van der Waals surface area contributed by atoms with Gasteiger partial charge < -0.3 is 18.9 Å². The van der Waals surface area contributed by atoms with Gasteiger partial charge in [-0.15, -0.1) is 0 Å². The zero-order chi connectivity index (χ0) is 26.4. The molecule has 1 aliphatic heterocycles. The number of carbonyl (C=O) groups excluding carboxylic acids is 2. The molecule has 0 unspecified atom stereocenters. The molecule has 2 aromatic carbocycles. The van der Waals surface area contributed by atoms with Crippen LogP contribution in [0.25, 0.3) is 0 Å². The molecule has 0 radical (unpaired) electrons. The molecule has 1 saturated heterocycles. The predicted octanol–water partition coefficient (Wildman–Crippen LogP) is 2.36. The lowest BCUT2D eigenvalue weighted by Crippen LogP contribution is -2.40. The summed E-state index contributed by atoms with van der Waals surface area (Å²) in [7, 11) is 0. The van der Waals surface area contributed by atoms with Crippen LogP contribution in [0.1, 0.15) is 34.6 Å². The Hall–Kier alpha value is -4.02. The highest BCUT2D eigenvalue weighted by Gasteiger charge is 2.49. The van der Waals surface area contributed by atoms with Gasteiger partial charge in [-0.25, -0.2) is 9.59 Å². The Morgan fingerprint density at radius 2 is 1.68 bits per heavy atom. The number of ether oxygens (including phenoxy) is 4. The van der Waals surface area contributed by atoms with Crippen molar-refractivity contribution >= 4 is 11.9 Å². The first-order valence-corrected chi connectivity index (χ1v) is 11.8. The van der Waals surface area contributed by atoms with Gasteiger partial charge in [0.05, 0.1) is 30.8 Å². The maximum Gasteiger partial charge on any atom is 0.338 e. The summed E-state index contributed by atoms with van der Waals surface area (Å²) in [6.07, 6.45) is -1.41. The third kappa shape index (κ3) is 6.41. The number of nitrogens with one attached hydrogen (secondary N) is 1. The molecule has 3 aromatic rings. The van der Waals surface area contributed by atoms with Gasteiger partial charge in [0.15, 0.2) is 12.3 Å². The van der Waals surface area contributed by atoms with Crippen LogP contribution >= 0.6 is 0 Å². The molecule has 1 N–H and O–H groups in total. The van der Waals surface area contributed by atoms with Crippen LogP contribution in [0.5, 0.6) is 0 Å². The molecule has 10 heteroatoms. The second-order valence-electron chi connectivity index (χ2n) is 8.75. The summed E-state index contributed by atoms with van der Waals surface area (Å²) in [5, 5.41) is 0. The highest BCUT2D eigenvalue weighted by molar-refractivity contribution is 5.89. The minimum absolute atomic E-state index is 0.0772. The summed E-state index contributed by atoms with van der Waals surface area (Å²) in [6, 6.07) is 18.0. The molecule has 4 atom stereocenters. The van der Waals surface area contributed by atoms with E-state index in [-0.39, 0.29) is 18.8 Å². The number of carbonyl (C=O) groups is 2. The third-order valence-electron chi connectivity index (χ3n) is 6.03. The SMILES string of the molecule is CC(=O)O[C@@H]1[C@H](COC(=O)c2ccccc2)[C@@H](COCc2ccccc2)O[C@H]1n1cc(C)c(=O)[nH]c1=O. The highest BCUT2D eigenvalue weighted by atomic mass is 16.6. The van der Waals surface area contributed by atoms with E-state index in [0.717, 1.165) is 5.56 Å². The van der Waals surface area contributed by atoms with Crippen molar-refractivity contribution in [2.75, 3.05) is 13.2 Å². The van der Waals surface area contributed by atoms with Gasteiger partial charge in [-0.05, 0) is 24.6 Å². The standard InChI is InChI=1S/C27H28N2O8/c1-17-13-29(27(33)28-24(17)31)25-23(36-18(2)30)21(15-35-26(32)20-11-7-4-8-12-20)22(37-25)16-34-14-19-9-5-3-6-10-19/h3-13,21-23,25H,14-16H2,1-2H3,(H,28,31,33)/t21-,22-,23-,25-/m1/s1. The topological polar surface area (TPSA) is 126 Å². The van der Waals surface area contributed by atoms with E-state index in [0.29, 0.717) is 12.2 Å². The average molecular weight is 509 g/mol. The number of aromatic nitrogens is 2. The quantitative estimate of drug-likeness (QED) is 0.437. The fourth-order valence-corrected chi connectivity index (χ4v) is 4.18. The fraction of sp³-hybridized carbons (Fsp3) is 0.333. The Labute approximate surface area is 212 Å². The first-order chi connectivity index (χ1) is 17.8. The summed E-state index contributed by atoms with van der Waals surface area (Å²) in [5.74, 6) is -1.80. The molecule has 194 valence electrons. The van der Waals surface area contributed by atoms with E-state index < -0.39 is 47.5 Å². The predicted molar refractivity (Wildman–Crippen MR) is 132 cm³/mol. The average Bonchev–Trinajstić information content (AvgIpc) is 3.21. The van der Waals surface area contributed by atoms with Crippen LogP contribution in [-0.2, 0) is 30.3 Å². The Bertz CT molecular complexity index is 1340. The van der Waals surface area contributed by atoms with E-state index in [1.165, 1.54) is 17.7 Å². The molecule has 10 nitrogen and oxygen atoms in total. The molecule has 1 fully saturated rings. The summed E-state index contributed by atoms with van der Waals surface area (Å²) in [6.45, 7) is 3.01. The number of hydrogen-bond acceptors (Lipinski definition) is 8. The maximum absolute atomic E-state index is 12.6. The zero-order valence-corrected chi connectivity index (χ0v) is 20.5. The number of nitrogens with zero attached hydrogens (tertiary/aromatic N) is 1. The van der Waals surface area contributed by atoms with Crippen molar-refractivity contribution in [3.63, 3.8) is 0 Å². The second-order valence-corrected chi connectivity index (χ2v) is 8.75. The molecule has 37 heavy (non-hydrogen) atoms. The molecular weight excluding hydrogens is 480 g/mol. The number of benzene rings is 2. The van der Waals surface area contributed by atoms with Gasteiger partial charge in [0.1, 0.15) is 6.61 Å². The number of H-pyrrole nitrogens is 1. The molecule has 4 rings (SSSR count). The Balaban J connectivity index is 1.60. The van der Waals surface area contributed by atoms with Crippen LogP contribution in [0.4, 0.5) is 0 Å². The maximum atomic E-state index is 12.6. The van der Waals surface area contributed by atoms with Gasteiger partial charge in [-0.2, -0.15) is 0 Å². The Morgan fingerprint density at radius 1 is 1.00 bits per heavy atom. The van der Waals surface area contributed by atoms with Gasteiger partial charge >= 0.3 is 17.6 Å². The minimum Gasteiger partial charge on any atom is -0.462 e. The molecule has 0 amide bonds. The lowest BCUT2D eigenvalue weighted by Gasteiger charge is -2.24. The lowest BCUT2D eigenvalue weighted by molar-refractivity contribution is -0.154. The summed E-state index contributed by atoms with van der Waals surface area (Å²) >= 11 is 0. The van der Waals surface area contributed by atoms with Gasteiger partial charge in [-0.3, -0.25) is 19.1 Å². The van der Waals surface area contributed by atoms with Crippen LogP contribution in [-0.4, -0.2) is 46.9 Å². The number of hydrogen-bond donors (Lipinski definition) is 1. The number of aromatic amines is 1. The fourth-order valence-electron chi connectivity index (χ4n) is 4.18. The van der Waals surface area contributed by atoms with E-state index in [2.05, 4.69) is 4.98 Å². The minimum atomic E-state index is -1.07. The van der Waals surface area contributed by atoms with Gasteiger partial charge in [0.2, 0.25) is 0 Å². The van der Waals surface area contributed by atoms with Gasteiger partial charge in [0, 0.05) is 18.7 Å². The van der Waals surface area contributed by atoms with Crippen LogP contribution < -0.4 is 11.2 Å². The summed E-state index contributed by atoms with van der Waals surface area (Å²) in [4.78, 5) is 51.5. The molecule has 2 heterocycles. The zero-order valence-electron chi connectivity index (χ0n) is 20.5. The van der Waals surface area contributed by atoms with Crippen LogP contribution in [0.3, 0.4) is 0 Å². The third-order valence-corrected chi connectivity index (χ3v) is 6.03. The van der Waals surface area contributed by atoms with Crippen molar-refractivity contribution in [2.24, 2.45) is 5.92 Å². The van der Waals surface area contributed by atoms with Gasteiger partial charge in [0.25, 0.3) is 5.56 Å². The first-order valence-electron chi connectivity index (χ1n) is 11.8. The largest absolute Gasteiger partial charge is 0.462 e. The van der Waals surface area contributed by atoms with Gasteiger partial charge in [-0.1, -0.05) is 48.5 Å². The van der Waals surface area contributed by atoms with E-state index in [1.54, 1.807) is 37.3 Å². The monoisotopic (exact) mass is 508 g/mol. The van der Waals surface area contributed by atoms with Crippen LogP contribution in [0, 0.1) is 12.8 Å². The summed E-state index contributed by atoms with van der Waals surface area (Å²) < 4.78 is 24.4. The molecule has 0 spiro atoms. The number of aryl methyl sites for hydroxylation is 1. The number of esters is 2. The molecule has 0 saturated carbocycles. The van der Waals surface area contributed by atoms with Crippen molar-refractivity contribution in [3.8, 4) is 0 Å².